The average Bonchev–Trinajstić information content (AvgIpc) is 2.27. The van der Waals surface area contributed by atoms with Gasteiger partial charge in [0.2, 0.25) is 0 Å². The van der Waals surface area contributed by atoms with Gasteiger partial charge in [0.1, 0.15) is 0 Å². The molecule has 1 aliphatic heterocycles. The first-order chi connectivity index (χ1) is 7.20. The number of nitrogens with one attached hydrogen (secondary N) is 1. The molecule has 0 amide bonds. The van der Waals surface area contributed by atoms with Gasteiger partial charge in [-0.2, -0.15) is 0 Å². The second-order valence-corrected chi connectivity index (χ2v) is 5.00. The van der Waals surface area contributed by atoms with Crippen LogP contribution in [-0.2, 0) is 0 Å². The van der Waals surface area contributed by atoms with E-state index in [1.807, 2.05) is 6.07 Å². The molecule has 1 fully saturated rings. The first kappa shape index (κ1) is 11.4. The van der Waals surface area contributed by atoms with Gasteiger partial charge in [-0.25, -0.2) is 4.39 Å². The Labute approximate surface area is 102 Å². The Kier molecular flexibility index (Phi) is 3.65. The molecule has 1 aliphatic rings. The van der Waals surface area contributed by atoms with E-state index in [4.69, 9.17) is 11.6 Å². The summed E-state index contributed by atoms with van der Waals surface area (Å²) in [5.74, 6) is -0.360. The summed E-state index contributed by atoms with van der Waals surface area (Å²) in [7, 11) is 0. The smallest absolute Gasteiger partial charge is 0.156 e. The van der Waals surface area contributed by atoms with Crippen molar-refractivity contribution in [1.82, 2.24) is 5.32 Å². The van der Waals surface area contributed by atoms with Gasteiger partial charge in [0.15, 0.2) is 5.82 Å². The number of benzene rings is 1. The van der Waals surface area contributed by atoms with Gasteiger partial charge in [-0.05, 0) is 46.9 Å². The van der Waals surface area contributed by atoms with Gasteiger partial charge >= 0.3 is 0 Å². The molecule has 82 valence electrons. The van der Waals surface area contributed by atoms with Crippen LogP contribution in [0.15, 0.2) is 16.6 Å². The highest BCUT2D eigenvalue weighted by atomic mass is 79.9. The molecular weight excluding hydrogens is 280 g/mol. The second kappa shape index (κ2) is 4.81. The van der Waals surface area contributed by atoms with Gasteiger partial charge in [0.05, 0.1) is 9.50 Å². The molecule has 1 unspecified atom stereocenters. The minimum Gasteiger partial charge on any atom is -0.310 e. The zero-order valence-electron chi connectivity index (χ0n) is 8.19. The third kappa shape index (κ3) is 2.35. The fourth-order valence-corrected chi connectivity index (χ4v) is 2.67. The quantitative estimate of drug-likeness (QED) is 0.770. The van der Waals surface area contributed by atoms with Crippen LogP contribution >= 0.6 is 27.5 Å². The fraction of sp³-hybridized carbons (Fsp3) is 0.455. The molecule has 1 atom stereocenters. The Hall–Kier alpha value is -0.120. The predicted molar refractivity (Wildman–Crippen MR) is 63.7 cm³/mol. The van der Waals surface area contributed by atoms with Gasteiger partial charge in [-0.1, -0.05) is 24.1 Å². The summed E-state index contributed by atoms with van der Waals surface area (Å²) in [6.45, 7) is 0.985. The van der Waals surface area contributed by atoms with E-state index in [1.54, 1.807) is 6.07 Å². The molecule has 0 bridgehead atoms. The number of piperidine rings is 1. The maximum atomic E-state index is 13.5. The molecule has 4 heteroatoms. The molecule has 15 heavy (non-hydrogen) atoms. The van der Waals surface area contributed by atoms with Gasteiger partial charge < -0.3 is 5.32 Å². The van der Waals surface area contributed by atoms with Crippen LogP contribution in [0.2, 0.25) is 5.02 Å². The van der Waals surface area contributed by atoms with Crippen molar-refractivity contribution < 1.29 is 4.39 Å². The molecule has 1 N–H and O–H groups in total. The summed E-state index contributed by atoms with van der Waals surface area (Å²) in [4.78, 5) is 0. The maximum Gasteiger partial charge on any atom is 0.156 e. The molecule has 2 rings (SSSR count). The molecule has 0 spiro atoms. The highest BCUT2D eigenvalue weighted by Gasteiger charge is 2.20. The Morgan fingerprint density at radius 3 is 2.87 bits per heavy atom. The first-order valence-electron chi connectivity index (χ1n) is 5.07. The molecule has 1 heterocycles. The SMILES string of the molecule is Fc1c(Br)ccc(C2CCCCN2)c1Cl. The average molecular weight is 293 g/mol. The molecule has 0 radical (unpaired) electrons. The van der Waals surface area contributed by atoms with Crippen LogP contribution < -0.4 is 5.32 Å². The van der Waals surface area contributed by atoms with Crippen LogP contribution in [0.5, 0.6) is 0 Å². The van der Waals surface area contributed by atoms with E-state index in [9.17, 15) is 4.39 Å². The summed E-state index contributed by atoms with van der Waals surface area (Å²) in [5, 5.41) is 3.60. The molecule has 1 saturated heterocycles. The maximum absolute atomic E-state index is 13.5. The van der Waals surface area contributed by atoms with E-state index in [0.29, 0.717) is 4.47 Å². The Bertz CT molecular complexity index is 364. The molecule has 0 aromatic heterocycles. The second-order valence-electron chi connectivity index (χ2n) is 3.77. The molecule has 1 aromatic rings. The Balaban J connectivity index is 2.31. The van der Waals surface area contributed by atoms with E-state index in [0.717, 1.165) is 18.5 Å². The first-order valence-corrected chi connectivity index (χ1v) is 6.24. The van der Waals surface area contributed by atoms with Crippen molar-refractivity contribution in [3.05, 3.63) is 33.0 Å². The number of rotatable bonds is 1. The van der Waals surface area contributed by atoms with Gasteiger partial charge in [-0.15, -0.1) is 0 Å². The summed E-state index contributed by atoms with van der Waals surface area (Å²) >= 11 is 9.11. The lowest BCUT2D eigenvalue weighted by Gasteiger charge is -2.24. The highest BCUT2D eigenvalue weighted by Crippen LogP contribution is 2.33. The summed E-state index contributed by atoms with van der Waals surface area (Å²) < 4.78 is 14.0. The zero-order valence-corrected chi connectivity index (χ0v) is 10.5. The van der Waals surface area contributed by atoms with Crippen LogP contribution in [0.4, 0.5) is 4.39 Å². The molecule has 1 aromatic carbocycles. The van der Waals surface area contributed by atoms with Crippen LogP contribution in [0.3, 0.4) is 0 Å². The Morgan fingerprint density at radius 1 is 1.40 bits per heavy atom. The fourth-order valence-electron chi connectivity index (χ4n) is 1.93. The van der Waals surface area contributed by atoms with Crippen molar-refractivity contribution in [2.24, 2.45) is 0 Å². The van der Waals surface area contributed by atoms with E-state index in [2.05, 4.69) is 21.2 Å². The van der Waals surface area contributed by atoms with Crippen LogP contribution in [0.25, 0.3) is 0 Å². The molecular formula is C11H12BrClFN. The van der Waals surface area contributed by atoms with Crippen molar-refractivity contribution in [3.8, 4) is 0 Å². The van der Waals surface area contributed by atoms with Crippen molar-refractivity contribution in [2.45, 2.75) is 25.3 Å². The van der Waals surface area contributed by atoms with Gasteiger partial charge in [0.25, 0.3) is 0 Å². The number of hydrogen-bond acceptors (Lipinski definition) is 1. The summed E-state index contributed by atoms with van der Waals surface area (Å²) in [6, 6.07) is 3.81. The molecule has 0 saturated carbocycles. The van der Waals surface area contributed by atoms with E-state index in [1.165, 1.54) is 12.8 Å². The lowest BCUT2D eigenvalue weighted by Crippen LogP contribution is -2.27. The molecule has 0 aliphatic carbocycles. The van der Waals surface area contributed by atoms with Crippen molar-refractivity contribution in [1.29, 1.82) is 0 Å². The van der Waals surface area contributed by atoms with E-state index < -0.39 is 0 Å². The number of halogens is 3. The highest BCUT2D eigenvalue weighted by molar-refractivity contribution is 9.10. The van der Waals surface area contributed by atoms with E-state index in [-0.39, 0.29) is 16.9 Å². The van der Waals surface area contributed by atoms with Crippen LogP contribution in [0, 0.1) is 5.82 Å². The van der Waals surface area contributed by atoms with Crippen molar-refractivity contribution in [2.75, 3.05) is 6.54 Å². The predicted octanol–water partition coefficient (Wildman–Crippen LogP) is 4.06. The van der Waals surface area contributed by atoms with Crippen molar-refractivity contribution >= 4 is 27.5 Å². The van der Waals surface area contributed by atoms with Crippen molar-refractivity contribution in [3.63, 3.8) is 0 Å². The number of hydrogen-bond donors (Lipinski definition) is 1. The third-order valence-corrected chi connectivity index (χ3v) is 3.75. The van der Waals surface area contributed by atoms with Crippen LogP contribution in [-0.4, -0.2) is 6.54 Å². The lowest BCUT2D eigenvalue weighted by atomic mass is 9.97. The van der Waals surface area contributed by atoms with Gasteiger partial charge in [-0.3, -0.25) is 0 Å². The minimum absolute atomic E-state index is 0.203. The standard InChI is InChI=1S/C11H12BrClFN/c12-8-5-4-7(10(13)11(8)14)9-3-1-2-6-15-9/h4-5,9,15H,1-3,6H2. The van der Waals surface area contributed by atoms with E-state index >= 15 is 0 Å². The van der Waals surface area contributed by atoms with Gasteiger partial charge in [0, 0.05) is 6.04 Å². The zero-order chi connectivity index (χ0) is 10.8. The minimum atomic E-state index is -0.360. The van der Waals surface area contributed by atoms with Crippen LogP contribution in [0.1, 0.15) is 30.9 Å². The molecule has 1 nitrogen and oxygen atoms in total. The lowest BCUT2D eigenvalue weighted by molar-refractivity contribution is 0.411. The topological polar surface area (TPSA) is 12.0 Å². The summed E-state index contributed by atoms with van der Waals surface area (Å²) in [5.41, 5.74) is 0.872. The third-order valence-electron chi connectivity index (χ3n) is 2.75. The normalized spacial score (nSPS) is 21.7. The Morgan fingerprint density at radius 2 is 2.20 bits per heavy atom. The monoisotopic (exact) mass is 291 g/mol. The largest absolute Gasteiger partial charge is 0.310 e. The summed E-state index contributed by atoms with van der Waals surface area (Å²) in [6.07, 6.45) is 3.39.